The number of aliphatic hydroxyl groups is 1. The third-order valence-electron chi connectivity index (χ3n) is 5.74. The standard InChI is InChI=1S/C26H33ClN4O5S/c1-17(32)16-37-12-11-36-10-9-35-8-7-31-26(29-21-5-4-6-28-25(21)27)20-13-18-14-22(33-2)23(34-3)15-19(18)24(20)30-31/h4-6,13-15,17,29-30,32H,7-12,16H2,1-3H3. The molecule has 2 aliphatic rings. The van der Waals surface area contributed by atoms with Crippen LogP contribution >= 0.6 is 23.4 Å². The van der Waals surface area contributed by atoms with Gasteiger partial charge in [0.2, 0.25) is 0 Å². The van der Waals surface area contributed by atoms with Crippen LogP contribution in [0.25, 0.3) is 22.0 Å². The quantitative estimate of drug-likeness (QED) is 0.140. The normalized spacial score (nSPS) is 12.4. The molecule has 2 aromatic rings. The Balaban J connectivity index is 1.46. The van der Waals surface area contributed by atoms with Gasteiger partial charge in [0.15, 0.2) is 16.7 Å². The zero-order valence-electron chi connectivity index (χ0n) is 21.3. The van der Waals surface area contributed by atoms with Crippen molar-refractivity contribution in [2.24, 2.45) is 0 Å². The average molecular weight is 549 g/mol. The molecule has 9 nitrogen and oxygen atoms in total. The maximum absolute atomic E-state index is 9.28. The third-order valence-corrected chi connectivity index (χ3v) is 7.22. The molecule has 37 heavy (non-hydrogen) atoms. The Morgan fingerprint density at radius 3 is 2.59 bits per heavy atom. The molecule has 1 aromatic carbocycles. The molecule has 0 fully saturated rings. The van der Waals surface area contributed by atoms with Crippen LogP contribution in [-0.4, -0.2) is 78.1 Å². The van der Waals surface area contributed by atoms with Crippen molar-refractivity contribution in [3.05, 3.63) is 41.7 Å². The van der Waals surface area contributed by atoms with Crippen LogP contribution in [0.4, 0.5) is 11.5 Å². The minimum absolute atomic E-state index is 0.287. The lowest BCUT2D eigenvalue weighted by Gasteiger charge is -2.12. The number of hydrogen-bond acceptors (Lipinski definition) is 8. The van der Waals surface area contributed by atoms with E-state index in [4.69, 9.17) is 30.5 Å². The number of ether oxygens (including phenoxy) is 4. The molecule has 4 rings (SSSR count). The highest BCUT2D eigenvalue weighted by atomic mass is 35.5. The van der Waals surface area contributed by atoms with Gasteiger partial charge in [0.05, 0.1) is 64.7 Å². The molecule has 200 valence electrons. The number of nitrogens with one attached hydrogen (secondary N) is 2. The highest BCUT2D eigenvalue weighted by molar-refractivity contribution is 7.99. The number of halogens is 1. The minimum atomic E-state index is -0.287. The number of thioether (sulfide) groups is 1. The van der Waals surface area contributed by atoms with Crippen LogP contribution in [0, 0.1) is 0 Å². The number of benzene rings is 1. The van der Waals surface area contributed by atoms with E-state index in [0.717, 1.165) is 39.4 Å². The van der Waals surface area contributed by atoms with Gasteiger partial charge in [-0.05, 0) is 42.6 Å². The fourth-order valence-corrected chi connectivity index (χ4v) is 4.92. The molecule has 1 aliphatic heterocycles. The number of methoxy groups -OCH3 is 2. The van der Waals surface area contributed by atoms with Crippen molar-refractivity contribution in [1.29, 1.82) is 0 Å². The molecule has 0 amide bonds. The lowest BCUT2D eigenvalue weighted by Crippen LogP contribution is -2.13. The average Bonchev–Trinajstić information content (AvgIpc) is 3.40. The minimum Gasteiger partial charge on any atom is -0.493 e. The van der Waals surface area contributed by atoms with Crippen molar-refractivity contribution >= 4 is 45.6 Å². The van der Waals surface area contributed by atoms with Crippen LogP contribution in [-0.2, 0) is 16.0 Å². The molecule has 1 aromatic heterocycles. The molecule has 3 N–H and O–H groups in total. The van der Waals surface area contributed by atoms with E-state index in [1.54, 1.807) is 39.1 Å². The number of anilines is 2. The Kier molecular flexibility index (Phi) is 9.81. The number of fused-ring (bicyclic) bond motifs is 3. The number of aliphatic hydroxyl groups excluding tert-OH is 1. The second kappa shape index (κ2) is 13.3. The van der Waals surface area contributed by atoms with Gasteiger partial charge >= 0.3 is 0 Å². The van der Waals surface area contributed by atoms with Crippen molar-refractivity contribution in [1.82, 2.24) is 14.8 Å². The van der Waals surface area contributed by atoms with Gasteiger partial charge in [-0.1, -0.05) is 11.6 Å². The van der Waals surface area contributed by atoms with Crippen LogP contribution in [0.3, 0.4) is 0 Å². The van der Waals surface area contributed by atoms with Gasteiger partial charge in [0.1, 0.15) is 5.82 Å². The number of aromatic nitrogens is 3. The highest BCUT2D eigenvalue weighted by Gasteiger charge is 2.23. The lowest BCUT2D eigenvalue weighted by atomic mass is 10.2. The molecule has 1 unspecified atom stereocenters. The number of nitrogens with zero attached hydrogens (tertiary/aromatic N) is 2. The largest absolute Gasteiger partial charge is 0.493 e. The molecule has 2 heterocycles. The van der Waals surface area contributed by atoms with E-state index < -0.39 is 0 Å². The van der Waals surface area contributed by atoms with Crippen LogP contribution in [0.5, 0.6) is 11.5 Å². The molecular weight excluding hydrogens is 516 g/mol. The summed E-state index contributed by atoms with van der Waals surface area (Å²) in [6.07, 6.45) is 1.37. The summed E-state index contributed by atoms with van der Waals surface area (Å²) < 4.78 is 24.5. The van der Waals surface area contributed by atoms with Crippen LogP contribution < -0.4 is 14.8 Å². The summed E-state index contributed by atoms with van der Waals surface area (Å²) in [4.78, 5) is 4.19. The predicted molar refractivity (Wildman–Crippen MR) is 149 cm³/mol. The highest BCUT2D eigenvalue weighted by Crippen LogP contribution is 2.44. The summed E-state index contributed by atoms with van der Waals surface area (Å²) >= 11 is 8.03. The van der Waals surface area contributed by atoms with Crippen molar-refractivity contribution < 1.29 is 24.1 Å². The van der Waals surface area contributed by atoms with Crippen molar-refractivity contribution in [2.75, 3.05) is 57.5 Å². The fourth-order valence-electron chi connectivity index (χ4n) is 4.01. The molecule has 0 spiro atoms. The first-order valence-electron chi connectivity index (χ1n) is 12.1. The van der Waals surface area contributed by atoms with Gasteiger partial charge in [0.25, 0.3) is 0 Å². The van der Waals surface area contributed by atoms with E-state index in [1.165, 1.54) is 0 Å². The molecule has 0 saturated heterocycles. The number of H-pyrrole nitrogens is 1. The van der Waals surface area contributed by atoms with Gasteiger partial charge in [-0.15, -0.1) is 0 Å². The number of rotatable bonds is 15. The smallest absolute Gasteiger partial charge is 0.161 e. The number of hydrogen-bond donors (Lipinski definition) is 3. The van der Waals surface area contributed by atoms with Crippen molar-refractivity contribution in [3.63, 3.8) is 0 Å². The van der Waals surface area contributed by atoms with Gasteiger partial charge in [-0.25, -0.2) is 4.98 Å². The van der Waals surface area contributed by atoms with E-state index in [2.05, 4.69) is 21.5 Å². The zero-order valence-corrected chi connectivity index (χ0v) is 22.8. The summed E-state index contributed by atoms with van der Waals surface area (Å²) in [5.41, 5.74) is 2.68. The zero-order chi connectivity index (χ0) is 26.2. The van der Waals surface area contributed by atoms with E-state index in [1.807, 2.05) is 28.9 Å². The van der Waals surface area contributed by atoms with Crippen LogP contribution in [0.15, 0.2) is 36.5 Å². The third kappa shape index (κ3) is 6.82. The number of pyridine rings is 1. The summed E-state index contributed by atoms with van der Waals surface area (Å²) in [5.74, 6) is 3.78. The predicted octanol–water partition coefficient (Wildman–Crippen LogP) is 5.03. The lowest BCUT2D eigenvalue weighted by molar-refractivity contribution is 0.0499. The number of aromatic amines is 1. The first-order chi connectivity index (χ1) is 18.0. The second-order valence-corrected chi connectivity index (χ2v) is 9.96. The Labute approximate surface area is 225 Å². The second-order valence-electron chi connectivity index (χ2n) is 8.45. The van der Waals surface area contributed by atoms with Crippen LogP contribution in [0.1, 0.15) is 6.92 Å². The SMILES string of the molecule is COc1cc2cc3c(Nc4cccnc4Cl)n(CCOCCOCCSCC(C)O)[nH]c-3c2cc1OC. The first-order valence-corrected chi connectivity index (χ1v) is 13.6. The Bertz CT molecular complexity index is 1260. The maximum atomic E-state index is 9.28. The molecule has 0 saturated carbocycles. The fraction of sp³-hybridized carbons (Fsp3) is 0.423. The molecule has 11 heteroatoms. The van der Waals surface area contributed by atoms with Gasteiger partial charge < -0.3 is 29.4 Å². The summed E-state index contributed by atoms with van der Waals surface area (Å²) in [7, 11) is 3.26. The molecule has 1 aliphatic carbocycles. The molecule has 0 bridgehead atoms. The Morgan fingerprint density at radius 1 is 1.11 bits per heavy atom. The molecular formula is C26H33ClN4O5S. The van der Waals surface area contributed by atoms with Gasteiger partial charge in [-0.2, -0.15) is 11.8 Å². The summed E-state index contributed by atoms with van der Waals surface area (Å²) in [6.45, 7) is 4.55. The van der Waals surface area contributed by atoms with Gasteiger partial charge in [-0.3, -0.25) is 9.78 Å². The molecule has 1 atom stereocenters. The summed E-state index contributed by atoms with van der Waals surface area (Å²) in [5, 5.41) is 18.7. The van der Waals surface area contributed by atoms with Crippen molar-refractivity contribution in [2.45, 2.75) is 19.6 Å². The van der Waals surface area contributed by atoms with E-state index in [-0.39, 0.29) is 6.10 Å². The Morgan fingerprint density at radius 2 is 1.86 bits per heavy atom. The molecule has 0 radical (unpaired) electrons. The van der Waals surface area contributed by atoms with E-state index in [0.29, 0.717) is 55.3 Å². The maximum Gasteiger partial charge on any atom is 0.161 e. The topological polar surface area (TPSA) is 103 Å². The van der Waals surface area contributed by atoms with E-state index in [9.17, 15) is 5.11 Å². The first kappa shape index (κ1) is 27.4. The van der Waals surface area contributed by atoms with Crippen LogP contribution in [0.2, 0.25) is 5.15 Å². The van der Waals surface area contributed by atoms with Gasteiger partial charge in [0, 0.05) is 28.7 Å². The van der Waals surface area contributed by atoms with E-state index >= 15 is 0 Å². The Hall–Kier alpha value is -2.63. The monoisotopic (exact) mass is 548 g/mol. The summed E-state index contributed by atoms with van der Waals surface area (Å²) in [6, 6.07) is 9.79. The van der Waals surface area contributed by atoms with Crippen molar-refractivity contribution in [3.8, 4) is 22.8 Å².